The SMILES string of the molecule is CCCCCCCCCCCOC(=O)CCCN(CCO)CCCN(CCCC(=O)OCCCCCCCCCCC)CCCC(=O)OCCCCCCCCCCC. The highest BCUT2D eigenvalue weighted by molar-refractivity contribution is 5.70. The minimum atomic E-state index is -0.127. The molecule has 0 radical (unpaired) electrons. The molecule has 0 aliphatic heterocycles. The monoisotopic (exact) mass is 839 g/mol. The lowest BCUT2D eigenvalue weighted by molar-refractivity contribution is -0.145. The van der Waals surface area contributed by atoms with Crippen molar-refractivity contribution in [1.29, 1.82) is 0 Å². The van der Waals surface area contributed by atoms with Crippen LogP contribution in [0.5, 0.6) is 0 Å². The van der Waals surface area contributed by atoms with E-state index in [1.807, 2.05) is 0 Å². The van der Waals surface area contributed by atoms with E-state index in [0.717, 1.165) is 90.5 Å². The van der Waals surface area contributed by atoms with E-state index < -0.39 is 0 Å². The minimum Gasteiger partial charge on any atom is -0.466 e. The van der Waals surface area contributed by atoms with Gasteiger partial charge in [-0.25, -0.2) is 0 Å². The lowest BCUT2D eigenvalue weighted by atomic mass is 10.1. The molecule has 0 fully saturated rings. The average Bonchev–Trinajstić information content (AvgIpc) is 3.22. The Morgan fingerprint density at radius 3 is 0.831 bits per heavy atom. The first kappa shape index (κ1) is 57.3. The molecule has 0 bridgehead atoms. The van der Waals surface area contributed by atoms with Crippen molar-refractivity contribution in [2.24, 2.45) is 0 Å². The molecule has 0 aliphatic rings. The first-order chi connectivity index (χ1) is 29.0. The Balaban J connectivity index is 4.54. The van der Waals surface area contributed by atoms with Gasteiger partial charge in [-0.3, -0.25) is 14.4 Å². The molecule has 0 aromatic carbocycles. The van der Waals surface area contributed by atoms with Crippen LogP contribution in [-0.2, 0) is 28.6 Å². The third kappa shape index (κ3) is 44.2. The standard InChI is InChI=1S/C50H98N2O7/c1-4-7-10-13-16-19-22-25-28-45-57-48(54)35-31-38-51(39-32-36-49(55)58-46-29-26-23-20-17-14-11-8-5-2)41-34-42-52(43-44-53)40-33-37-50(56)59-47-30-27-24-21-18-15-12-9-6-3/h53H,4-47H2,1-3H3. The summed E-state index contributed by atoms with van der Waals surface area (Å²) in [5.74, 6) is -0.367. The van der Waals surface area contributed by atoms with Crippen LogP contribution in [0.25, 0.3) is 0 Å². The first-order valence-electron chi connectivity index (χ1n) is 25.5. The summed E-state index contributed by atoms with van der Waals surface area (Å²) in [7, 11) is 0. The summed E-state index contributed by atoms with van der Waals surface area (Å²) < 4.78 is 16.6. The molecule has 0 unspecified atom stereocenters. The third-order valence-electron chi connectivity index (χ3n) is 11.5. The van der Waals surface area contributed by atoms with Gasteiger partial charge in [-0.2, -0.15) is 0 Å². The van der Waals surface area contributed by atoms with E-state index in [2.05, 4.69) is 30.6 Å². The van der Waals surface area contributed by atoms with E-state index in [1.54, 1.807) is 0 Å². The van der Waals surface area contributed by atoms with Gasteiger partial charge in [0, 0.05) is 25.8 Å². The number of carbonyl (C=O) groups is 3. The summed E-state index contributed by atoms with van der Waals surface area (Å²) in [5, 5.41) is 9.72. The van der Waals surface area contributed by atoms with Crippen molar-refractivity contribution in [1.82, 2.24) is 9.80 Å². The molecule has 0 heterocycles. The van der Waals surface area contributed by atoms with Crippen molar-refractivity contribution in [3.63, 3.8) is 0 Å². The second-order valence-electron chi connectivity index (χ2n) is 17.2. The maximum absolute atomic E-state index is 12.5. The quantitative estimate of drug-likeness (QED) is 0.0364. The number of hydrogen-bond acceptors (Lipinski definition) is 9. The number of nitrogens with zero attached hydrogens (tertiary/aromatic N) is 2. The smallest absolute Gasteiger partial charge is 0.305 e. The number of aliphatic hydroxyl groups excluding tert-OH is 1. The van der Waals surface area contributed by atoms with Crippen LogP contribution in [0.1, 0.15) is 239 Å². The predicted molar refractivity (Wildman–Crippen MR) is 247 cm³/mol. The second kappa shape index (κ2) is 47.3. The molecule has 0 atom stereocenters. The highest BCUT2D eigenvalue weighted by Crippen LogP contribution is 2.13. The van der Waals surface area contributed by atoms with Crippen LogP contribution in [-0.4, -0.2) is 98.5 Å². The average molecular weight is 839 g/mol. The zero-order chi connectivity index (χ0) is 43.1. The molecule has 0 saturated heterocycles. The Hall–Kier alpha value is -1.71. The van der Waals surface area contributed by atoms with E-state index in [-0.39, 0.29) is 24.5 Å². The number of aliphatic hydroxyl groups is 1. The van der Waals surface area contributed by atoms with Crippen LogP contribution in [0.4, 0.5) is 0 Å². The van der Waals surface area contributed by atoms with Crippen LogP contribution in [0.3, 0.4) is 0 Å². The molecule has 350 valence electrons. The number of hydrogen-bond donors (Lipinski definition) is 1. The van der Waals surface area contributed by atoms with Crippen molar-refractivity contribution in [3.05, 3.63) is 0 Å². The van der Waals surface area contributed by atoms with Gasteiger partial charge in [0.15, 0.2) is 0 Å². The molecule has 1 N–H and O–H groups in total. The van der Waals surface area contributed by atoms with Gasteiger partial charge in [-0.15, -0.1) is 0 Å². The van der Waals surface area contributed by atoms with Crippen molar-refractivity contribution < 1.29 is 33.7 Å². The zero-order valence-corrected chi connectivity index (χ0v) is 39.4. The van der Waals surface area contributed by atoms with E-state index in [1.165, 1.54) is 135 Å². The van der Waals surface area contributed by atoms with E-state index in [9.17, 15) is 19.5 Å². The largest absolute Gasteiger partial charge is 0.466 e. The maximum Gasteiger partial charge on any atom is 0.305 e. The van der Waals surface area contributed by atoms with Gasteiger partial charge in [0.25, 0.3) is 0 Å². The van der Waals surface area contributed by atoms with Crippen LogP contribution < -0.4 is 0 Å². The highest BCUT2D eigenvalue weighted by atomic mass is 16.5. The number of ether oxygens (including phenoxy) is 3. The molecule has 0 aromatic rings. The Morgan fingerprint density at radius 2 is 0.559 bits per heavy atom. The second-order valence-corrected chi connectivity index (χ2v) is 17.2. The van der Waals surface area contributed by atoms with Crippen LogP contribution in [0.15, 0.2) is 0 Å². The molecule has 0 aromatic heterocycles. The molecule has 59 heavy (non-hydrogen) atoms. The predicted octanol–water partition coefficient (Wildman–Crippen LogP) is 12.5. The van der Waals surface area contributed by atoms with E-state index in [0.29, 0.717) is 52.0 Å². The van der Waals surface area contributed by atoms with Crippen molar-refractivity contribution in [2.75, 3.05) is 65.7 Å². The van der Waals surface area contributed by atoms with E-state index >= 15 is 0 Å². The number of rotatable bonds is 48. The normalized spacial score (nSPS) is 11.5. The van der Waals surface area contributed by atoms with Gasteiger partial charge in [0.1, 0.15) is 0 Å². The summed E-state index contributed by atoms with van der Waals surface area (Å²) in [6.07, 6.45) is 37.8. The molecule has 0 saturated carbocycles. The fourth-order valence-corrected chi connectivity index (χ4v) is 7.68. The van der Waals surface area contributed by atoms with Crippen molar-refractivity contribution in [3.8, 4) is 0 Å². The Bertz CT molecular complexity index is 862. The van der Waals surface area contributed by atoms with Crippen molar-refractivity contribution in [2.45, 2.75) is 239 Å². The van der Waals surface area contributed by atoms with Crippen LogP contribution in [0.2, 0.25) is 0 Å². The van der Waals surface area contributed by atoms with Crippen molar-refractivity contribution >= 4 is 17.9 Å². The topological polar surface area (TPSA) is 106 Å². The molecule has 0 spiro atoms. The first-order valence-corrected chi connectivity index (χ1v) is 25.5. The van der Waals surface area contributed by atoms with Crippen LogP contribution >= 0.6 is 0 Å². The maximum atomic E-state index is 12.5. The van der Waals surface area contributed by atoms with Gasteiger partial charge in [-0.05, 0) is 77.7 Å². The molecule has 9 nitrogen and oxygen atoms in total. The fourth-order valence-electron chi connectivity index (χ4n) is 7.68. The molecular weight excluding hydrogens is 741 g/mol. The minimum absolute atomic E-state index is 0.0785. The number of unbranched alkanes of at least 4 members (excludes halogenated alkanes) is 24. The molecule has 9 heteroatoms. The fraction of sp³-hybridized carbons (Fsp3) is 0.940. The molecule has 0 rings (SSSR count). The van der Waals surface area contributed by atoms with E-state index in [4.69, 9.17) is 14.2 Å². The summed E-state index contributed by atoms with van der Waals surface area (Å²) in [6, 6.07) is 0. The van der Waals surface area contributed by atoms with Gasteiger partial charge in [0.2, 0.25) is 0 Å². The number of carbonyl (C=O) groups excluding carboxylic acids is 3. The Labute approximate surface area is 365 Å². The Morgan fingerprint density at radius 1 is 0.322 bits per heavy atom. The van der Waals surface area contributed by atoms with Crippen LogP contribution in [0, 0.1) is 0 Å². The highest BCUT2D eigenvalue weighted by Gasteiger charge is 2.13. The van der Waals surface area contributed by atoms with Gasteiger partial charge in [0.05, 0.1) is 26.4 Å². The summed E-state index contributed by atoms with van der Waals surface area (Å²) in [6.45, 7) is 12.9. The number of esters is 3. The lowest BCUT2D eigenvalue weighted by Crippen LogP contribution is -2.34. The molecule has 0 amide bonds. The van der Waals surface area contributed by atoms with Gasteiger partial charge < -0.3 is 29.1 Å². The summed E-state index contributed by atoms with van der Waals surface area (Å²) >= 11 is 0. The van der Waals surface area contributed by atoms with Gasteiger partial charge >= 0.3 is 17.9 Å². The molecule has 0 aliphatic carbocycles. The molecular formula is C50H98N2O7. The third-order valence-corrected chi connectivity index (χ3v) is 11.5. The van der Waals surface area contributed by atoms with Gasteiger partial charge in [-0.1, -0.05) is 175 Å². The summed E-state index contributed by atoms with van der Waals surface area (Å²) in [4.78, 5) is 41.9. The zero-order valence-electron chi connectivity index (χ0n) is 39.4. The summed E-state index contributed by atoms with van der Waals surface area (Å²) in [5.41, 5.74) is 0. The Kier molecular flexibility index (Phi) is 46.0. The lowest BCUT2D eigenvalue weighted by Gasteiger charge is -2.25.